The first-order valence-electron chi connectivity index (χ1n) is 6.03. The number of piperidine rings is 1. The number of rotatable bonds is 3. The number of hydrogen-bond acceptors (Lipinski definition) is 4. The van der Waals surface area contributed by atoms with Crippen molar-refractivity contribution in [2.45, 2.75) is 18.9 Å². The number of carbonyl (C=O) groups is 1. The average molecular weight is 267 g/mol. The average Bonchev–Trinajstić information content (AvgIpc) is 2.39. The molecule has 0 bridgehead atoms. The van der Waals surface area contributed by atoms with E-state index in [9.17, 15) is 19.3 Å². The van der Waals surface area contributed by atoms with Crippen molar-refractivity contribution in [2.75, 3.05) is 13.1 Å². The molecule has 1 heterocycles. The summed E-state index contributed by atoms with van der Waals surface area (Å²) in [4.78, 5) is 22.1. The molecule has 0 radical (unpaired) electrons. The van der Waals surface area contributed by atoms with E-state index in [1.54, 1.807) is 0 Å². The summed E-state index contributed by atoms with van der Waals surface area (Å²) in [5, 5.41) is 16.7. The number of hydrogen-bond donors (Lipinski definition) is 2. The van der Waals surface area contributed by atoms with Crippen molar-refractivity contribution in [1.29, 1.82) is 0 Å². The van der Waals surface area contributed by atoms with Gasteiger partial charge in [-0.15, -0.1) is 0 Å². The largest absolute Gasteiger partial charge is 0.349 e. The van der Waals surface area contributed by atoms with Crippen LogP contribution < -0.4 is 10.6 Å². The molecular formula is C12H14FN3O3. The summed E-state index contributed by atoms with van der Waals surface area (Å²) in [7, 11) is 0. The second-order valence-corrected chi connectivity index (χ2v) is 4.42. The molecule has 2 rings (SSSR count). The SMILES string of the molecule is O=C(NC1CCNCC1)c1ccc(F)cc1[N+](=O)[O-]. The van der Waals surface area contributed by atoms with E-state index >= 15 is 0 Å². The predicted molar refractivity (Wildman–Crippen MR) is 66.4 cm³/mol. The van der Waals surface area contributed by atoms with Gasteiger partial charge in [0.05, 0.1) is 11.0 Å². The zero-order valence-electron chi connectivity index (χ0n) is 10.2. The summed E-state index contributed by atoms with van der Waals surface area (Å²) in [6.45, 7) is 1.60. The molecule has 2 N–H and O–H groups in total. The minimum Gasteiger partial charge on any atom is -0.349 e. The third kappa shape index (κ3) is 3.25. The molecule has 1 fully saturated rings. The van der Waals surface area contributed by atoms with E-state index in [4.69, 9.17) is 0 Å². The molecule has 1 aliphatic heterocycles. The van der Waals surface area contributed by atoms with Crippen molar-refractivity contribution in [3.63, 3.8) is 0 Å². The lowest BCUT2D eigenvalue weighted by Gasteiger charge is -2.23. The Labute approximate surface area is 109 Å². The van der Waals surface area contributed by atoms with Gasteiger partial charge in [0, 0.05) is 6.04 Å². The zero-order valence-corrected chi connectivity index (χ0v) is 10.2. The third-order valence-electron chi connectivity index (χ3n) is 3.08. The van der Waals surface area contributed by atoms with Crippen molar-refractivity contribution in [2.24, 2.45) is 0 Å². The first kappa shape index (κ1) is 13.4. The topological polar surface area (TPSA) is 84.3 Å². The fraction of sp³-hybridized carbons (Fsp3) is 0.417. The summed E-state index contributed by atoms with van der Waals surface area (Å²) in [5.74, 6) is -1.26. The van der Waals surface area contributed by atoms with Crippen molar-refractivity contribution in [3.05, 3.63) is 39.7 Å². The van der Waals surface area contributed by atoms with Gasteiger partial charge in [-0.25, -0.2) is 4.39 Å². The van der Waals surface area contributed by atoms with Gasteiger partial charge in [0.2, 0.25) is 0 Å². The normalized spacial score (nSPS) is 16.1. The standard InChI is InChI=1S/C12H14FN3O3/c13-8-1-2-10(11(7-8)16(18)19)12(17)15-9-3-5-14-6-4-9/h1-2,7,9,14H,3-6H2,(H,15,17). The van der Waals surface area contributed by atoms with Crippen molar-refractivity contribution in [1.82, 2.24) is 10.6 Å². The highest BCUT2D eigenvalue weighted by Gasteiger charge is 2.23. The first-order chi connectivity index (χ1) is 9.08. The highest BCUT2D eigenvalue weighted by molar-refractivity contribution is 5.98. The maximum Gasteiger partial charge on any atom is 0.285 e. The van der Waals surface area contributed by atoms with Gasteiger partial charge >= 0.3 is 0 Å². The van der Waals surface area contributed by atoms with Gasteiger partial charge in [-0.2, -0.15) is 0 Å². The lowest BCUT2D eigenvalue weighted by atomic mass is 10.1. The van der Waals surface area contributed by atoms with E-state index in [0.29, 0.717) is 0 Å². The monoisotopic (exact) mass is 267 g/mol. The van der Waals surface area contributed by atoms with Gasteiger partial charge in [-0.3, -0.25) is 14.9 Å². The molecule has 102 valence electrons. The van der Waals surface area contributed by atoms with E-state index in [2.05, 4.69) is 10.6 Å². The Morgan fingerprint density at radius 1 is 1.42 bits per heavy atom. The molecule has 1 aromatic carbocycles. The van der Waals surface area contributed by atoms with Crippen molar-refractivity contribution in [3.8, 4) is 0 Å². The van der Waals surface area contributed by atoms with Crippen LogP contribution in [0.15, 0.2) is 18.2 Å². The smallest absolute Gasteiger partial charge is 0.285 e. The van der Waals surface area contributed by atoms with E-state index in [-0.39, 0.29) is 11.6 Å². The highest BCUT2D eigenvalue weighted by atomic mass is 19.1. The molecule has 19 heavy (non-hydrogen) atoms. The quantitative estimate of drug-likeness (QED) is 0.637. The van der Waals surface area contributed by atoms with Gasteiger partial charge < -0.3 is 10.6 Å². The molecule has 0 saturated carbocycles. The maximum atomic E-state index is 13.0. The molecule has 1 amide bonds. The lowest BCUT2D eigenvalue weighted by molar-refractivity contribution is -0.385. The van der Waals surface area contributed by atoms with Gasteiger partial charge in [0.25, 0.3) is 11.6 Å². The van der Waals surface area contributed by atoms with Crippen LogP contribution in [-0.2, 0) is 0 Å². The number of amides is 1. The maximum absolute atomic E-state index is 13.0. The Morgan fingerprint density at radius 2 is 2.11 bits per heavy atom. The molecule has 7 heteroatoms. The number of nitrogens with zero attached hydrogens (tertiary/aromatic N) is 1. The molecule has 1 aliphatic rings. The second kappa shape index (κ2) is 5.75. The molecule has 0 aromatic heterocycles. The van der Waals surface area contributed by atoms with Crippen LogP contribution in [0.25, 0.3) is 0 Å². The molecule has 0 atom stereocenters. The Balaban J connectivity index is 2.16. The van der Waals surface area contributed by atoms with E-state index < -0.39 is 22.3 Å². The van der Waals surface area contributed by atoms with Crippen LogP contribution in [0.5, 0.6) is 0 Å². The van der Waals surface area contributed by atoms with Crippen molar-refractivity contribution < 1.29 is 14.1 Å². The molecule has 0 aliphatic carbocycles. The molecule has 1 saturated heterocycles. The lowest BCUT2D eigenvalue weighted by Crippen LogP contribution is -2.42. The Kier molecular flexibility index (Phi) is 4.06. The summed E-state index contributed by atoms with van der Waals surface area (Å²) >= 11 is 0. The van der Waals surface area contributed by atoms with Gasteiger partial charge in [0.1, 0.15) is 11.4 Å². The molecule has 6 nitrogen and oxygen atoms in total. The number of nitro benzene ring substituents is 1. The number of halogens is 1. The number of nitrogens with one attached hydrogen (secondary N) is 2. The van der Waals surface area contributed by atoms with Crippen LogP contribution in [0.2, 0.25) is 0 Å². The van der Waals surface area contributed by atoms with Crippen LogP contribution in [0, 0.1) is 15.9 Å². The summed E-state index contributed by atoms with van der Waals surface area (Å²) in [6, 6.07) is 2.95. The van der Waals surface area contributed by atoms with Gasteiger partial charge in [0.15, 0.2) is 0 Å². The van der Waals surface area contributed by atoms with Crippen LogP contribution in [0.1, 0.15) is 23.2 Å². The Morgan fingerprint density at radius 3 is 2.74 bits per heavy atom. The summed E-state index contributed by atoms with van der Waals surface area (Å²) in [6.07, 6.45) is 1.56. The van der Waals surface area contributed by atoms with Crippen molar-refractivity contribution >= 4 is 11.6 Å². The molecule has 0 unspecified atom stereocenters. The summed E-state index contributed by atoms with van der Waals surface area (Å²) < 4.78 is 13.0. The fourth-order valence-corrected chi connectivity index (χ4v) is 2.08. The number of carbonyl (C=O) groups excluding carboxylic acids is 1. The van der Waals surface area contributed by atoms with Crippen LogP contribution >= 0.6 is 0 Å². The Hall–Kier alpha value is -2.02. The predicted octanol–water partition coefficient (Wildman–Crippen LogP) is 1.22. The number of benzene rings is 1. The molecule has 0 spiro atoms. The van der Waals surface area contributed by atoms with Gasteiger partial charge in [-0.05, 0) is 38.1 Å². The zero-order chi connectivity index (χ0) is 13.8. The summed E-state index contributed by atoms with van der Waals surface area (Å²) in [5.41, 5.74) is -0.614. The second-order valence-electron chi connectivity index (χ2n) is 4.42. The third-order valence-corrected chi connectivity index (χ3v) is 3.08. The van der Waals surface area contributed by atoms with Gasteiger partial charge in [-0.1, -0.05) is 0 Å². The van der Waals surface area contributed by atoms with E-state index in [0.717, 1.165) is 44.1 Å². The van der Waals surface area contributed by atoms with Crippen LogP contribution in [-0.4, -0.2) is 30.0 Å². The fourth-order valence-electron chi connectivity index (χ4n) is 2.08. The molecular weight excluding hydrogens is 253 g/mol. The minimum absolute atomic E-state index is 0.00147. The van der Waals surface area contributed by atoms with Crippen LogP contribution in [0.3, 0.4) is 0 Å². The number of nitro groups is 1. The first-order valence-corrected chi connectivity index (χ1v) is 6.03. The molecule has 1 aromatic rings. The minimum atomic E-state index is -0.750. The van der Waals surface area contributed by atoms with E-state index in [1.165, 1.54) is 0 Å². The van der Waals surface area contributed by atoms with Crippen LogP contribution in [0.4, 0.5) is 10.1 Å². The highest BCUT2D eigenvalue weighted by Crippen LogP contribution is 2.20. The van der Waals surface area contributed by atoms with E-state index in [1.807, 2.05) is 0 Å². The Bertz CT molecular complexity index is 501.